The maximum absolute atomic E-state index is 13.1. The zero-order chi connectivity index (χ0) is 13.8. The van der Waals surface area contributed by atoms with E-state index in [9.17, 15) is 4.39 Å². The Kier molecular flexibility index (Phi) is 4.50. The Balaban J connectivity index is 2.40. The predicted molar refractivity (Wildman–Crippen MR) is 76.1 cm³/mol. The lowest BCUT2D eigenvalue weighted by atomic mass is 9.90. The second-order valence-electron chi connectivity index (χ2n) is 4.32. The van der Waals surface area contributed by atoms with E-state index < -0.39 is 0 Å². The summed E-state index contributed by atoms with van der Waals surface area (Å²) in [6.45, 7) is 4.48. The van der Waals surface area contributed by atoms with E-state index >= 15 is 0 Å². The van der Waals surface area contributed by atoms with Crippen LogP contribution in [0.5, 0.6) is 0 Å². The van der Waals surface area contributed by atoms with Gasteiger partial charge in [0.1, 0.15) is 11.7 Å². The molecule has 6 heteroatoms. The smallest absolute Gasteiger partial charge is 0.128 e. The first-order chi connectivity index (χ1) is 9.17. The molecule has 102 valence electrons. The van der Waals surface area contributed by atoms with Crippen LogP contribution >= 0.6 is 11.6 Å². The second-order valence-corrected chi connectivity index (χ2v) is 4.73. The molecule has 0 spiro atoms. The van der Waals surface area contributed by atoms with Crippen LogP contribution in [0, 0.1) is 5.82 Å². The summed E-state index contributed by atoms with van der Waals surface area (Å²) in [4.78, 5) is 4.29. The summed E-state index contributed by atoms with van der Waals surface area (Å²) in [6, 6.07) is 4.42. The van der Waals surface area contributed by atoms with E-state index in [1.165, 1.54) is 12.1 Å². The first-order valence-electron chi connectivity index (χ1n) is 6.11. The molecule has 2 rings (SSSR count). The Morgan fingerprint density at radius 3 is 2.95 bits per heavy atom. The van der Waals surface area contributed by atoms with E-state index in [2.05, 4.69) is 16.8 Å². The van der Waals surface area contributed by atoms with Gasteiger partial charge in [0, 0.05) is 24.2 Å². The molecule has 1 aromatic carbocycles. The van der Waals surface area contributed by atoms with Crippen LogP contribution in [-0.4, -0.2) is 30.8 Å². The van der Waals surface area contributed by atoms with Gasteiger partial charge in [0.25, 0.3) is 0 Å². The average molecular weight is 283 g/mol. The van der Waals surface area contributed by atoms with Crippen LogP contribution in [-0.2, 0) is 0 Å². The third kappa shape index (κ3) is 2.93. The van der Waals surface area contributed by atoms with Crippen molar-refractivity contribution in [3.63, 3.8) is 0 Å². The van der Waals surface area contributed by atoms with Gasteiger partial charge in [0.05, 0.1) is 6.67 Å². The van der Waals surface area contributed by atoms with Crippen LogP contribution in [0.25, 0.3) is 0 Å². The SMILES string of the molecule is C=NN1CCCC(c2ccc(F)cc2Cl)C1=NCN. The summed E-state index contributed by atoms with van der Waals surface area (Å²) in [5.74, 6) is 0.383. The highest BCUT2D eigenvalue weighted by Crippen LogP contribution is 2.33. The largest absolute Gasteiger partial charge is 0.312 e. The van der Waals surface area contributed by atoms with E-state index in [1.54, 1.807) is 11.1 Å². The van der Waals surface area contributed by atoms with E-state index in [1.807, 2.05) is 0 Å². The fourth-order valence-electron chi connectivity index (χ4n) is 2.38. The van der Waals surface area contributed by atoms with E-state index in [4.69, 9.17) is 17.3 Å². The lowest BCUT2D eigenvalue weighted by Crippen LogP contribution is -2.37. The minimum Gasteiger partial charge on any atom is -0.312 e. The van der Waals surface area contributed by atoms with Gasteiger partial charge in [-0.25, -0.2) is 4.39 Å². The fraction of sp³-hybridized carbons (Fsp3) is 0.385. The van der Waals surface area contributed by atoms with Gasteiger partial charge in [-0.1, -0.05) is 17.7 Å². The molecule has 1 aromatic rings. The summed E-state index contributed by atoms with van der Waals surface area (Å²) in [5, 5.41) is 6.09. The number of rotatable bonds is 3. The zero-order valence-corrected chi connectivity index (χ0v) is 11.3. The summed E-state index contributed by atoms with van der Waals surface area (Å²) >= 11 is 6.13. The molecule has 0 aliphatic carbocycles. The molecule has 1 atom stereocenters. The van der Waals surface area contributed by atoms with E-state index in [0.717, 1.165) is 30.8 Å². The Bertz CT molecular complexity index is 503. The van der Waals surface area contributed by atoms with Crippen molar-refractivity contribution in [2.75, 3.05) is 13.2 Å². The van der Waals surface area contributed by atoms with Crippen molar-refractivity contribution in [1.82, 2.24) is 5.01 Å². The Labute approximate surface area is 116 Å². The van der Waals surface area contributed by atoms with Crippen LogP contribution in [0.15, 0.2) is 28.3 Å². The van der Waals surface area contributed by atoms with Crippen LogP contribution in [0.1, 0.15) is 24.3 Å². The van der Waals surface area contributed by atoms with Crippen LogP contribution in [0.2, 0.25) is 5.02 Å². The number of benzene rings is 1. The molecule has 0 bridgehead atoms. The molecule has 1 aliphatic heterocycles. The molecular formula is C13H16ClFN4. The van der Waals surface area contributed by atoms with Crippen molar-refractivity contribution < 1.29 is 4.39 Å². The van der Waals surface area contributed by atoms with Crippen molar-refractivity contribution in [2.45, 2.75) is 18.8 Å². The predicted octanol–water partition coefficient (Wildman–Crippen LogP) is 2.59. The zero-order valence-electron chi connectivity index (χ0n) is 10.5. The maximum Gasteiger partial charge on any atom is 0.128 e. The molecule has 1 unspecified atom stereocenters. The number of piperidine rings is 1. The van der Waals surface area contributed by atoms with Gasteiger partial charge < -0.3 is 5.73 Å². The molecule has 4 nitrogen and oxygen atoms in total. The summed E-state index contributed by atoms with van der Waals surface area (Å²) in [7, 11) is 0. The summed E-state index contributed by atoms with van der Waals surface area (Å²) < 4.78 is 13.1. The van der Waals surface area contributed by atoms with Crippen molar-refractivity contribution in [1.29, 1.82) is 0 Å². The molecule has 0 saturated carbocycles. The first-order valence-corrected chi connectivity index (χ1v) is 6.48. The fourth-order valence-corrected chi connectivity index (χ4v) is 2.67. The second kappa shape index (κ2) is 6.12. The minimum absolute atomic E-state index is 0.0177. The Hall–Kier alpha value is -1.46. The van der Waals surface area contributed by atoms with Gasteiger partial charge in [0.15, 0.2) is 0 Å². The van der Waals surface area contributed by atoms with Crippen molar-refractivity contribution >= 4 is 24.2 Å². The molecule has 0 amide bonds. The highest BCUT2D eigenvalue weighted by atomic mass is 35.5. The number of amidine groups is 1. The number of nitrogens with two attached hydrogens (primary N) is 1. The van der Waals surface area contributed by atoms with Crippen LogP contribution < -0.4 is 5.73 Å². The Morgan fingerprint density at radius 1 is 1.53 bits per heavy atom. The van der Waals surface area contributed by atoms with E-state index in [-0.39, 0.29) is 18.4 Å². The Morgan fingerprint density at radius 2 is 2.32 bits per heavy atom. The minimum atomic E-state index is -0.347. The van der Waals surface area contributed by atoms with Crippen LogP contribution in [0.3, 0.4) is 0 Å². The molecule has 1 fully saturated rings. The maximum atomic E-state index is 13.1. The normalized spacial score (nSPS) is 21.7. The topological polar surface area (TPSA) is 54.0 Å². The third-order valence-electron chi connectivity index (χ3n) is 3.20. The van der Waals surface area contributed by atoms with Gasteiger partial charge in [-0.15, -0.1) is 0 Å². The monoisotopic (exact) mass is 282 g/mol. The average Bonchev–Trinajstić information content (AvgIpc) is 2.40. The lowest BCUT2D eigenvalue weighted by Gasteiger charge is -2.32. The molecule has 19 heavy (non-hydrogen) atoms. The highest BCUT2D eigenvalue weighted by molar-refractivity contribution is 6.31. The van der Waals surface area contributed by atoms with Crippen molar-refractivity contribution in [2.24, 2.45) is 15.8 Å². The van der Waals surface area contributed by atoms with Gasteiger partial charge >= 0.3 is 0 Å². The highest BCUT2D eigenvalue weighted by Gasteiger charge is 2.29. The molecule has 1 aliphatic rings. The van der Waals surface area contributed by atoms with Gasteiger partial charge in [0.2, 0.25) is 0 Å². The number of aliphatic imine (C=N–C) groups is 1. The molecule has 0 radical (unpaired) electrons. The van der Waals surface area contributed by atoms with E-state index in [0.29, 0.717) is 5.02 Å². The van der Waals surface area contributed by atoms with Gasteiger partial charge in [-0.3, -0.25) is 10.0 Å². The molecule has 1 heterocycles. The van der Waals surface area contributed by atoms with Gasteiger partial charge in [-0.05, 0) is 30.5 Å². The quantitative estimate of drug-likeness (QED) is 0.867. The summed E-state index contributed by atoms with van der Waals surface area (Å²) in [5.41, 5.74) is 6.36. The number of halogens is 2. The lowest BCUT2D eigenvalue weighted by molar-refractivity contribution is 0.373. The molecular weight excluding hydrogens is 267 g/mol. The first kappa shape index (κ1) is 14.0. The van der Waals surface area contributed by atoms with Crippen molar-refractivity contribution in [3.8, 4) is 0 Å². The molecule has 1 saturated heterocycles. The third-order valence-corrected chi connectivity index (χ3v) is 3.53. The number of hydrogen-bond donors (Lipinski definition) is 1. The standard InChI is InChI=1S/C13H16ClFN4/c1-17-19-6-2-3-11(13(19)18-8-16)10-5-4-9(15)7-12(10)14/h4-5,7,11H,1-3,6,8,16H2. The van der Waals surface area contributed by atoms with Crippen LogP contribution in [0.4, 0.5) is 4.39 Å². The van der Waals surface area contributed by atoms with Gasteiger partial charge in [-0.2, -0.15) is 5.10 Å². The van der Waals surface area contributed by atoms with Crippen molar-refractivity contribution in [3.05, 3.63) is 34.6 Å². The number of hydrogen-bond acceptors (Lipinski definition) is 3. The molecule has 0 aromatic heterocycles. The number of nitrogens with zero attached hydrogens (tertiary/aromatic N) is 3. The number of hydrazone groups is 1. The summed E-state index contributed by atoms with van der Waals surface area (Å²) in [6.07, 6.45) is 1.83. The molecule has 2 N–H and O–H groups in total.